The number of fused-ring (bicyclic) bond motifs is 1. The molecule has 2 rings (SSSR count). The Morgan fingerprint density at radius 3 is 2.90 bits per heavy atom. The maximum absolute atomic E-state index is 11.8. The van der Waals surface area contributed by atoms with Crippen LogP contribution in [0.2, 0.25) is 0 Å². The van der Waals surface area contributed by atoms with Gasteiger partial charge < -0.3 is 26.6 Å². The summed E-state index contributed by atoms with van der Waals surface area (Å²) < 4.78 is 0. The van der Waals surface area contributed by atoms with Crippen molar-refractivity contribution < 1.29 is 15.0 Å². The van der Waals surface area contributed by atoms with Crippen molar-refractivity contribution in [1.29, 1.82) is 0 Å². The fraction of sp³-hybridized carbons (Fsp3) is 0.783. The Kier molecular flexibility index (Phi) is 9.83. The Morgan fingerprint density at radius 2 is 2.17 bits per heavy atom. The van der Waals surface area contributed by atoms with Crippen LogP contribution in [0, 0.1) is 17.3 Å². The van der Waals surface area contributed by atoms with Gasteiger partial charge in [0.25, 0.3) is 0 Å². The van der Waals surface area contributed by atoms with Gasteiger partial charge in [-0.3, -0.25) is 4.79 Å². The molecule has 6 nitrogen and oxygen atoms in total. The second-order valence-corrected chi connectivity index (χ2v) is 8.88. The molecule has 0 radical (unpaired) electrons. The van der Waals surface area contributed by atoms with Crippen LogP contribution in [0.25, 0.3) is 0 Å². The van der Waals surface area contributed by atoms with Crippen molar-refractivity contribution in [2.24, 2.45) is 23.0 Å². The van der Waals surface area contributed by atoms with Crippen LogP contribution in [0.3, 0.4) is 0 Å². The molecule has 0 fully saturated rings. The summed E-state index contributed by atoms with van der Waals surface area (Å²) in [5, 5.41) is 26.9. The van der Waals surface area contributed by atoms with Gasteiger partial charge in [-0.05, 0) is 75.9 Å². The highest BCUT2D eigenvalue weighted by molar-refractivity contribution is 5.76. The lowest BCUT2D eigenvalue weighted by Gasteiger charge is -2.49. The predicted octanol–water partition coefficient (Wildman–Crippen LogP) is 1.87. The number of carbonyl (C=O) groups is 1. The number of rotatable bonds is 12. The van der Waals surface area contributed by atoms with Gasteiger partial charge in [-0.25, -0.2) is 0 Å². The number of carbonyl (C=O) groups excluding carboxylic acids is 1. The highest BCUT2D eigenvalue weighted by atomic mass is 16.3. The van der Waals surface area contributed by atoms with Crippen molar-refractivity contribution >= 4 is 5.91 Å². The number of hydrogen-bond donors (Lipinski definition) is 5. The molecule has 0 aromatic rings. The minimum atomic E-state index is -0.817. The first-order valence-electron chi connectivity index (χ1n) is 11.3. The Morgan fingerprint density at radius 1 is 1.38 bits per heavy atom. The third-order valence-electron chi connectivity index (χ3n) is 6.66. The average molecular weight is 408 g/mol. The van der Waals surface area contributed by atoms with Crippen molar-refractivity contribution in [1.82, 2.24) is 10.6 Å². The molecule has 0 spiro atoms. The van der Waals surface area contributed by atoms with E-state index in [4.69, 9.17) is 5.73 Å². The van der Waals surface area contributed by atoms with Crippen molar-refractivity contribution in [3.8, 4) is 0 Å². The van der Waals surface area contributed by atoms with Gasteiger partial charge in [0.05, 0.1) is 18.6 Å². The van der Waals surface area contributed by atoms with Crippen molar-refractivity contribution in [2.75, 3.05) is 26.7 Å². The van der Waals surface area contributed by atoms with Gasteiger partial charge in [0.15, 0.2) is 0 Å². The Balaban J connectivity index is 1.88. The van der Waals surface area contributed by atoms with Crippen LogP contribution in [-0.2, 0) is 4.79 Å². The third kappa shape index (κ3) is 6.64. The van der Waals surface area contributed by atoms with Gasteiger partial charge in [0.2, 0.25) is 5.91 Å². The van der Waals surface area contributed by atoms with E-state index in [2.05, 4.69) is 35.8 Å². The first-order valence-corrected chi connectivity index (χ1v) is 11.3. The fourth-order valence-corrected chi connectivity index (χ4v) is 5.23. The van der Waals surface area contributed by atoms with E-state index in [0.717, 1.165) is 25.8 Å². The van der Waals surface area contributed by atoms with Crippen LogP contribution in [0.4, 0.5) is 0 Å². The summed E-state index contributed by atoms with van der Waals surface area (Å²) >= 11 is 0. The summed E-state index contributed by atoms with van der Waals surface area (Å²) in [5.74, 6) is 0.746. The molecule has 0 aromatic heterocycles. The van der Waals surface area contributed by atoms with Crippen LogP contribution in [-0.4, -0.2) is 55.0 Å². The molecule has 6 N–H and O–H groups in total. The normalized spacial score (nSPS) is 28.4. The molecular formula is C23H41N3O3. The average Bonchev–Trinajstić information content (AvgIpc) is 2.67. The van der Waals surface area contributed by atoms with E-state index in [-0.39, 0.29) is 24.2 Å². The molecule has 0 heterocycles. The molecule has 0 bridgehead atoms. The minimum absolute atomic E-state index is 0.0286. The zero-order valence-electron chi connectivity index (χ0n) is 18.2. The summed E-state index contributed by atoms with van der Waals surface area (Å²) in [4.78, 5) is 11.8. The highest BCUT2D eigenvalue weighted by Crippen LogP contribution is 2.52. The molecule has 0 saturated carbocycles. The van der Waals surface area contributed by atoms with Crippen LogP contribution in [0.15, 0.2) is 23.8 Å². The zero-order chi connectivity index (χ0) is 21.3. The standard InChI is InChI=1S/C23H41N3O3/c1-17-7-8-18-6-3-4-11-23(18,16-25-2)21(17)10-9-19(27)14-20(28)15-22(29)26-13-5-12-24/h6-8,17,19-21,25,27-28H,3-5,9-16,24H2,1-2H3,(H,26,29)/t17-,19+,20+,21-,23?/m0/s1. The van der Waals surface area contributed by atoms with Gasteiger partial charge in [-0.1, -0.05) is 25.2 Å². The maximum Gasteiger partial charge on any atom is 0.222 e. The van der Waals surface area contributed by atoms with Crippen LogP contribution in [0.5, 0.6) is 0 Å². The number of hydrogen-bond acceptors (Lipinski definition) is 5. The van der Waals surface area contributed by atoms with Gasteiger partial charge in [-0.15, -0.1) is 0 Å². The van der Waals surface area contributed by atoms with E-state index in [0.29, 0.717) is 31.3 Å². The summed E-state index contributed by atoms with van der Waals surface area (Å²) in [6.07, 6.45) is 11.7. The first-order chi connectivity index (χ1) is 13.9. The molecule has 166 valence electrons. The summed E-state index contributed by atoms with van der Waals surface area (Å²) in [6.45, 7) is 4.29. The van der Waals surface area contributed by atoms with Crippen LogP contribution < -0.4 is 16.4 Å². The van der Waals surface area contributed by atoms with E-state index < -0.39 is 12.2 Å². The van der Waals surface area contributed by atoms with Crippen molar-refractivity contribution in [2.45, 2.75) is 70.5 Å². The van der Waals surface area contributed by atoms with Gasteiger partial charge in [0.1, 0.15) is 0 Å². The molecule has 29 heavy (non-hydrogen) atoms. The quantitative estimate of drug-likeness (QED) is 0.318. The summed E-state index contributed by atoms with van der Waals surface area (Å²) in [5.41, 5.74) is 7.00. The molecule has 5 atom stereocenters. The van der Waals surface area contributed by atoms with Crippen molar-refractivity contribution in [3.63, 3.8) is 0 Å². The lowest BCUT2D eigenvalue weighted by molar-refractivity contribution is -0.123. The van der Waals surface area contributed by atoms with E-state index in [1.54, 1.807) is 0 Å². The number of aliphatic hydroxyl groups excluding tert-OH is 2. The smallest absolute Gasteiger partial charge is 0.222 e. The molecular weight excluding hydrogens is 366 g/mol. The molecule has 2 aliphatic rings. The molecule has 0 saturated heterocycles. The largest absolute Gasteiger partial charge is 0.393 e. The van der Waals surface area contributed by atoms with Gasteiger partial charge in [-0.2, -0.15) is 0 Å². The number of nitrogens with two attached hydrogens (primary N) is 1. The van der Waals surface area contributed by atoms with Crippen LogP contribution in [0.1, 0.15) is 58.3 Å². The number of amides is 1. The Hall–Kier alpha value is -1.21. The first kappa shape index (κ1) is 24.1. The van der Waals surface area contributed by atoms with Gasteiger partial charge in [0, 0.05) is 18.5 Å². The molecule has 6 heteroatoms. The van der Waals surface area contributed by atoms with Crippen LogP contribution >= 0.6 is 0 Å². The topological polar surface area (TPSA) is 108 Å². The second-order valence-electron chi connectivity index (χ2n) is 8.88. The maximum atomic E-state index is 11.8. The molecule has 0 aliphatic heterocycles. The molecule has 1 amide bonds. The number of aliphatic hydroxyl groups is 2. The molecule has 2 aliphatic carbocycles. The minimum Gasteiger partial charge on any atom is -0.393 e. The fourth-order valence-electron chi connectivity index (χ4n) is 5.23. The van der Waals surface area contributed by atoms with E-state index >= 15 is 0 Å². The highest BCUT2D eigenvalue weighted by Gasteiger charge is 2.45. The molecule has 1 unspecified atom stereocenters. The Labute approximate surface area is 176 Å². The van der Waals surface area contributed by atoms with E-state index in [9.17, 15) is 15.0 Å². The summed E-state index contributed by atoms with van der Waals surface area (Å²) in [7, 11) is 2.02. The monoisotopic (exact) mass is 407 g/mol. The van der Waals surface area contributed by atoms with Gasteiger partial charge >= 0.3 is 0 Å². The number of allylic oxidation sites excluding steroid dienone is 3. The van der Waals surface area contributed by atoms with E-state index in [1.165, 1.54) is 18.4 Å². The lowest BCUT2D eigenvalue weighted by Crippen LogP contribution is -2.46. The predicted molar refractivity (Wildman–Crippen MR) is 117 cm³/mol. The SMILES string of the molecule is CNCC12CCCC=C1C=C[C@H](C)[C@@H]2CC[C@@H](O)C[C@@H](O)CC(=O)NCCCN. The zero-order valence-corrected chi connectivity index (χ0v) is 18.2. The third-order valence-corrected chi connectivity index (χ3v) is 6.66. The van der Waals surface area contributed by atoms with Crippen molar-refractivity contribution in [3.05, 3.63) is 23.8 Å². The number of nitrogens with one attached hydrogen (secondary N) is 2. The Bertz CT molecular complexity index is 578. The lowest BCUT2D eigenvalue weighted by atomic mass is 9.57. The second kappa shape index (κ2) is 11.8. The van der Waals surface area contributed by atoms with E-state index in [1.807, 2.05) is 7.05 Å². The summed E-state index contributed by atoms with van der Waals surface area (Å²) in [6, 6.07) is 0. The molecule has 0 aromatic carbocycles.